The summed E-state index contributed by atoms with van der Waals surface area (Å²) in [6.07, 6.45) is 0. The van der Waals surface area contributed by atoms with Crippen LogP contribution in [-0.4, -0.2) is 23.9 Å². The number of carbonyl (C=O) groups excluding carboxylic acids is 2. The van der Waals surface area contributed by atoms with Crippen LogP contribution in [0.2, 0.25) is 15.1 Å². The number of benzene rings is 3. The Morgan fingerprint density at radius 2 is 1.67 bits per heavy atom. The van der Waals surface area contributed by atoms with Crippen molar-refractivity contribution in [3.05, 3.63) is 98.0 Å². The minimum Gasteiger partial charge on any atom is -0.507 e. The van der Waals surface area contributed by atoms with Gasteiger partial charge in [-0.2, -0.15) is 0 Å². The van der Waals surface area contributed by atoms with Gasteiger partial charge in [-0.15, -0.1) is 0 Å². The van der Waals surface area contributed by atoms with Crippen LogP contribution in [0.4, 0.5) is 5.69 Å². The van der Waals surface area contributed by atoms with Gasteiger partial charge in [-0.05, 0) is 42.3 Å². The minimum absolute atomic E-state index is 0.108. The number of rotatable bonds is 4. The van der Waals surface area contributed by atoms with E-state index in [-0.39, 0.29) is 26.9 Å². The largest absolute Gasteiger partial charge is 0.507 e. The number of hydrogen-bond donors (Lipinski definition) is 1. The number of amides is 1. The van der Waals surface area contributed by atoms with Crippen molar-refractivity contribution in [3.63, 3.8) is 0 Å². The number of aliphatic hydroxyl groups is 1. The molecular formula is C25H18Cl3NO4. The first-order chi connectivity index (χ1) is 15.7. The number of carbonyl (C=O) groups is 2. The number of methoxy groups -OCH3 is 1. The first-order valence-electron chi connectivity index (χ1n) is 9.90. The smallest absolute Gasteiger partial charge is 0.300 e. The second-order valence-corrected chi connectivity index (χ2v) is 8.76. The highest BCUT2D eigenvalue weighted by Gasteiger charge is 2.47. The number of ketones is 1. The van der Waals surface area contributed by atoms with Gasteiger partial charge in [0.25, 0.3) is 11.7 Å². The number of Topliss-reactive ketones (excluding diaryl/α,β-unsaturated/α-hetero) is 1. The molecule has 168 valence electrons. The molecule has 1 fully saturated rings. The first kappa shape index (κ1) is 23.2. The van der Waals surface area contributed by atoms with Crippen LogP contribution in [-0.2, 0) is 9.59 Å². The Labute approximate surface area is 205 Å². The van der Waals surface area contributed by atoms with Crippen molar-refractivity contribution in [3.8, 4) is 5.75 Å². The average molecular weight is 503 g/mol. The molecule has 3 aromatic rings. The topological polar surface area (TPSA) is 66.8 Å². The number of hydrogen-bond acceptors (Lipinski definition) is 4. The van der Waals surface area contributed by atoms with E-state index in [0.29, 0.717) is 16.3 Å². The summed E-state index contributed by atoms with van der Waals surface area (Å²) in [5.74, 6) is -1.94. The Morgan fingerprint density at radius 1 is 0.970 bits per heavy atom. The van der Waals surface area contributed by atoms with E-state index in [1.54, 1.807) is 42.5 Å². The summed E-state index contributed by atoms with van der Waals surface area (Å²) in [5.41, 5.74) is 1.84. The molecule has 0 saturated carbocycles. The van der Waals surface area contributed by atoms with E-state index >= 15 is 0 Å². The maximum absolute atomic E-state index is 13.3. The lowest BCUT2D eigenvalue weighted by atomic mass is 9.94. The molecule has 1 atom stereocenters. The number of anilines is 1. The second kappa shape index (κ2) is 9.10. The van der Waals surface area contributed by atoms with Crippen molar-refractivity contribution in [1.82, 2.24) is 0 Å². The zero-order chi connectivity index (χ0) is 23.9. The fraction of sp³-hybridized carbons (Fsp3) is 0.120. The van der Waals surface area contributed by atoms with Gasteiger partial charge in [-0.25, -0.2) is 0 Å². The fourth-order valence-electron chi connectivity index (χ4n) is 3.96. The van der Waals surface area contributed by atoms with Crippen LogP contribution in [0.1, 0.15) is 22.7 Å². The third-order valence-electron chi connectivity index (χ3n) is 5.46. The minimum atomic E-state index is -0.911. The van der Waals surface area contributed by atoms with E-state index in [1.807, 2.05) is 13.0 Å². The SMILES string of the molecule is COc1c(Cl)cc(Cl)cc1/C(O)=C1\C(=O)C(=O)N(c2cc(Cl)ccc2C)C1c1ccccc1. The maximum atomic E-state index is 13.3. The van der Waals surface area contributed by atoms with E-state index in [0.717, 1.165) is 5.56 Å². The highest BCUT2D eigenvalue weighted by atomic mass is 35.5. The molecule has 0 spiro atoms. The molecule has 33 heavy (non-hydrogen) atoms. The molecule has 0 bridgehead atoms. The zero-order valence-electron chi connectivity index (χ0n) is 17.6. The highest BCUT2D eigenvalue weighted by molar-refractivity contribution is 6.52. The Balaban J connectivity index is 2.03. The lowest BCUT2D eigenvalue weighted by molar-refractivity contribution is -0.132. The van der Waals surface area contributed by atoms with Gasteiger partial charge in [0.05, 0.1) is 29.3 Å². The van der Waals surface area contributed by atoms with Crippen molar-refractivity contribution in [1.29, 1.82) is 0 Å². The van der Waals surface area contributed by atoms with Gasteiger partial charge in [0.1, 0.15) is 11.5 Å². The van der Waals surface area contributed by atoms with Crippen LogP contribution in [0.15, 0.2) is 66.2 Å². The molecule has 8 heteroatoms. The molecule has 1 saturated heterocycles. The van der Waals surface area contributed by atoms with E-state index in [4.69, 9.17) is 39.5 Å². The van der Waals surface area contributed by atoms with Crippen LogP contribution in [0.5, 0.6) is 5.75 Å². The number of ether oxygens (including phenoxy) is 1. The summed E-state index contributed by atoms with van der Waals surface area (Å²) >= 11 is 18.6. The molecule has 1 unspecified atom stereocenters. The number of nitrogens with zero attached hydrogens (tertiary/aromatic N) is 1. The summed E-state index contributed by atoms with van der Waals surface area (Å²) in [4.78, 5) is 27.9. The number of aryl methyl sites for hydroxylation is 1. The first-order valence-corrected chi connectivity index (χ1v) is 11.0. The van der Waals surface area contributed by atoms with E-state index < -0.39 is 23.5 Å². The molecule has 5 nitrogen and oxygen atoms in total. The van der Waals surface area contributed by atoms with Gasteiger partial charge in [0.15, 0.2) is 0 Å². The van der Waals surface area contributed by atoms with Gasteiger partial charge in [-0.1, -0.05) is 71.2 Å². The molecule has 1 aliphatic heterocycles. The Bertz CT molecular complexity index is 1300. The number of aliphatic hydroxyl groups excluding tert-OH is 1. The predicted molar refractivity (Wildman–Crippen MR) is 130 cm³/mol. The van der Waals surface area contributed by atoms with Gasteiger partial charge in [0.2, 0.25) is 0 Å². The summed E-state index contributed by atoms with van der Waals surface area (Å²) in [5, 5.41) is 12.1. The van der Waals surface area contributed by atoms with Gasteiger partial charge in [0, 0.05) is 15.7 Å². The van der Waals surface area contributed by atoms with Gasteiger partial charge < -0.3 is 9.84 Å². The van der Waals surface area contributed by atoms with Crippen LogP contribution in [0.3, 0.4) is 0 Å². The average Bonchev–Trinajstić information content (AvgIpc) is 3.05. The van der Waals surface area contributed by atoms with Crippen molar-refractivity contribution < 1.29 is 19.4 Å². The third-order valence-corrected chi connectivity index (χ3v) is 6.19. The molecule has 0 aromatic heterocycles. The fourth-order valence-corrected chi connectivity index (χ4v) is 4.70. The van der Waals surface area contributed by atoms with Crippen LogP contribution < -0.4 is 9.64 Å². The molecule has 4 rings (SSSR count). The van der Waals surface area contributed by atoms with Crippen molar-refractivity contribution in [2.75, 3.05) is 12.0 Å². The van der Waals surface area contributed by atoms with Crippen LogP contribution >= 0.6 is 34.8 Å². The standard InChI is InChI=1S/C25H18Cl3NO4/c1-13-8-9-15(26)12-19(13)29-21(14-6-4-3-5-7-14)20(23(31)25(29)32)22(30)17-10-16(27)11-18(28)24(17)33-2/h3-12,21,30H,1-2H3/b22-20+. The molecule has 0 aliphatic carbocycles. The molecule has 0 radical (unpaired) electrons. The lowest BCUT2D eigenvalue weighted by Gasteiger charge is -2.27. The Kier molecular flexibility index (Phi) is 6.39. The quantitative estimate of drug-likeness (QED) is 0.248. The molecule has 1 heterocycles. The molecular weight excluding hydrogens is 485 g/mol. The van der Waals surface area contributed by atoms with Crippen molar-refractivity contribution in [2.24, 2.45) is 0 Å². The molecule has 3 aromatic carbocycles. The lowest BCUT2D eigenvalue weighted by Crippen LogP contribution is -2.30. The third kappa shape index (κ3) is 4.08. The summed E-state index contributed by atoms with van der Waals surface area (Å²) in [7, 11) is 1.38. The zero-order valence-corrected chi connectivity index (χ0v) is 19.9. The van der Waals surface area contributed by atoms with E-state index in [1.165, 1.54) is 24.1 Å². The van der Waals surface area contributed by atoms with Crippen LogP contribution in [0.25, 0.3) is 5.76 Å². The van der Waals surface area contributed by atoms with E-state index in [2.05, 4.69) is 0 Å². The summed E-state index contributed by atoms with van der Waals surface area (Å²) in [6.45, 7) is 1.81. The van der Waals surface area contributed by atoms with Crippen molar-refractivity contribution >= 4 is 57.9 Å². The predicted octanol–water partition coefficient (Wildman–Crippen LogP) is 6.59. The molecule has 1 amide bonds. The van der Waals surface area contributed by atoms with Crippen LogP contribution in [0, 0.1) is 6.92 Å². The Hall–Kier alpha value is -2.99. The normalized spacial score (nSPS) is 17.5. The monoisotopic (exact) mass is 501 g/mol. The second-order valence-electron chi connectivity index (χ2n) is 7.48. The molecule has 1 aliphatic rings. The maximum Gasteiger partial charge on any atom is 0.300 e. The highest BCUT2D eigenvalue weighted by Crippen LogP contribution is 2.45. The summed E-state index contributed by atoms with van der Waals surface area (Å²) in [6, 6.07) is 16.0. The van der Waals surface area contributed by atoms with Gasteiger partial charge >= 0.3 is 0 Å². The van der Waals surface area contributed by atoms with Crippen molar-refractivity contribution in [2.45, 2.75) is 13.0 Å². The van der Waals surface area contributed by atoms with Gasteiger partial charge in [-0.3, -0.25) is 14.5 Å². The Morgan fingerprint density at radius 3 is 2.33 bits per heavy atom. The molecule has 1 N–H and O–H groups in total. The number of halogens is 3. The summed E-state index contributed by atoms with van der Waals surface area (Å²) < 4.78 is 5.35. The van der Waals surface area contributed by atoms with E-state index in [9.17, 15) is 14.7 Å².